The number of nitrogens with one attached hydrogen (secondary N) is 1. The second kappa shape index (κ2) is 6.67. The molecule has 21 heavy (non-hydrogen) atoms. The Morgan fingerprint density at radius 3 is 2.67 bits per heavy atom. The fourth-order valence-electron chi connectivity index (χ4n) is 1.63. The van der Waals surface area contributed by atoms with E-state index in [1.54, 1.807) is 13.0 Å². The Bertz CT molecular complexity index is 563. The van der Waals surface area contributed by atoms with Crippen molar-refractivity contribution in [1.29, 1.82) is 5.26 Å². The fourth-order valence-corrected chi connectivity index (χ4v) is 2.70. The zero-order valence-corrected chi connectivity index (χ0v) is 12.2. The van der Waals surface area contributed by atoms with Gasteiger partial charge in [0.2, 0.25) is 0 Å². The Labute approximate surface area is 123 Å². The number of thiophene rings is 1. The first-order valence-electron chi connectivity index (χ1n) is 6.02. The standard InChI is InChI=1S/C12H14F3N3O2S/c1-3-20-11(19)9-8(17)7(5-16)10(21-9)18-6(2)4-12(13,14)15/h6,18H,3-4,17H2,1-2H3. The summed E-state index contributed by atoms with van der Waals surface area (Å²) in [5.41, 5.74) is 5.55. The van der Waals surface area contributed by atoms with E-state index in [-0.39, 0.29) is 27.7 Å². The number of ether oxygens (including phenoxy) is 1. The Balaban J connectivity index is 3.00. The first-order chi connectivity index (χ1) is 9.69. The van der Waals surface area contributed by atoms with Gasteiger partial charge in [0.15, 0.2) is 0 Å². The van der Waals surface area contributed by atoms with E-state index in [0.29, 0.717) is 0 Å². The van der Waals surface area contributed by atoms with Crippen LogP contribution in [0.25, 0.3) is 0 Å². The molecule has 1 rings (SSSR count). The number of alkyl halides is 3. The molecule has 1 unspecified atom stereocenters. The number of hydrogen-bond acceptors (Lipinski definition) is 6. The van der Waals surface area contributed by atoms with E-state index >= 15 is 0 Å². The van der Waals surface area contributed by atoms with Crippen molar-refractivity contribution >= 4 is 28.0 Å². The molecule has 0 aliphatic rings. The Kier molecular flexibility index (Phi) is 5.43. The van der Waals surface area contributed by atoms with Gasteiger partial charge < -0.3 is 15.8 Å². The van der Waals surface area contributed by atoms with E-state index in [1.165, 1.54) is 6.92 Å². The minimum atomic E-state index is -4.33. The van der Waals surface area contributed by atoms with Crippen LogP contribution in [0.2, 0.25) is 0 Å². The molecule has 0 aliphatic heterocycles. The van der Waals surface area contributed by atoms with E-state index in [1.807, 2.05) is 0 Å². The number of nitrogen functional groups attached to an aromatic ring is 1. The zero-order valence-electron chi connectivity index (χ0n) is 11.4. The van der Waals surface area contributed by atoms with Gasteiger partial charge >= 0.3 is 12.1 Å². The normalized spacial score (nSPS) is 12.6. The average molecular weight is 321 g/mol. The van der Waals surface area contributed by atoms with Gasteiger partial charge in [-0.05, 0) is 13.8 Å². The third kappa shape index (κ3) is 4.53. The topological polar surface area (TPSA) is 88.1 Å². The molecule has 9 heteroatoms. The lowest BCUT2D eigenvalue weighted by Gasteiger charge is -2.15. The molecule has 0 bridgehead atoms. The number of carbonyl (C=O) groups is 1. The number of carbonyl (C=O) groups excluding carboxylic acids is 1. The zero-order chi connectivity index (χ0) is 16.2. The minimum Gasteiger partial charge on any atom is -0.462 e. The number of halogens is 3. The molecule has 0 aliphatic carbocycles. The van der Waals surface area contributed by atoms with Crippen molar-refractivity contribution in [2.45, 2.75) is 32.5 Å². The monoisotopic (exact) mass is 321 g/mol. The predicted octanol–water partition coefficient (Wildman–Crippen LogP) is 3.13. The Morgan fingerprint density at radius 1 is 1.57 bits per heavy atom. The van der Waals surface area contributed by atoms with Crippen LogP contribution in [0.3, 0.4) is 0 Å². The van der Waals surface area contributed by atoms with Crippen LogP contribution >= 0.6 is 11.3 Å². The maximum Gasteiger partial charge on any atom is 0.391 e. The highest BCUT2D eigenvalue weighted by Gasteiger charge is 2.31. The summed E-state index contributed by atoms with van der Waals surface area (Å²) in [6.45, 7) is 3.07. The number of nitrogens with zero attached hydrogens (tertiary/aromatic N) is 1. The van der Waals surface area contributed by atoms with Crippen LogP contribution in [0.15, 0.2) is 0 Å². The number of nitriles is 1. The number of rotatable bonds is 5. The number of anilines is 2. The van der Waals surface area contributed by atoms with Crippen molar-refractivity contribution < 1.29 is 22.7 Å². The van der Waals surface area contributed by atoms with Crippen LogP contribution in [-0.2, 0) is 4.74 Å². The molecule has 1 heterocycles. The highest BCUT2D eigenvalue weighted by Crippen LogP contribution is 2.36. The quantitative estimate of drug-likeness (QED) is 0.813. The molecule has 116 valence electrons. The number of nitrogens with two attached hydrogens (primary N) is 1. The summed E-state index contributed by atoms with van der Waals surface area (Å²) in [5, 5.41) is 11.7. The highest BCUT2D eigenvalue weighted by molar-refractivity contribution is 7.18. The van der Waals surface area contributed by atoms with Crippen molar-refractivity contribution in [3.05, 3.63) is 10.4 Å². The van der Waals surface area contributed by atoms with E-state index in [9.17, 15) is 18.0 Å². The first kappa shape index (κ1) is 17.1. The second-order valence-corrected chi connectivity index (χ2v) is 5.27. The third-order valence-corrected chi connectivity index (χ3v) is 3.55. The molecule has 0 aromatic carbocycles. The summed E-state index contributed by atoms with van der Waals surface area (Å²) < 4.78 is 41.7. The summed E-state index contributed by atoms with van der Waals surface area (Å²) in [6, 6.07) is 0.830. The van der Waals surface area contributed by atoms with Crippen LogP contribution in [0.1, 0.15) is 35.5 Å². The van der Waals surface area contributed by atoms with Gasteiger partial charge in [0.05, 0.1) is 18.7 Å². The van der Waals surface area contributed by atoms with E-state index in [0.717, 1.165) is 11.3 Å². The van der Waals surface area contributed by atoms with Gasteiger partial charge in [-0.2, -0.15) is 18.4 Å². The molecule has 3 N–H and O–H groups in total. The highest BCUT2D eigenvalue weighted by atomic mass is 32.1. The molecule has 0 radical (unpaired) electrons. The van der Waals surface area contributed by atoms with Crippen LogP contribution in [0, 0.1) is 11.3 Å². The summed E-state index contributed by atoms with van der Waals surface area (Å²) in [7, 11) is 0. The maximum absolute atomic E-state index is 12.3. The van der Waals surface area contributed by atoms with Crippen LogP contribution in [0.4, 0.5) is 23.9 Å². The lowest BCUT2D eigenvalue weighted by Crippen LogP contribution is -2.23. The summed E-state index contributed by atoms with van der Waals surface area (Å²) >= 11 is 0.813. The molecule has 5 nitrogen and oxygen atoms in total. The van der Waals surface area contributed by atoms with Crippen molar-refractivity contribution in [1.82, 2.24) is 0 Å². The van der Waals surface area contributed by atoms with Crippen molar-refractivity contribution in [2.75, 3.05) is 17.7 Å². The van der Waals surface area contributed by atoms with Gasteiger partial charge in [0.25, 0.3) is 0 Å². The Morgan fingerprint density at radius 2 is 2.19 bits per heavy atom. The molecule has 0 amide bonds. The lowest BCUT2D eigenvalue weighted by atomic mass is 10.2. The molecule has 0 saturated carbocycles. The van der Waals surface area contributed by atoms with Gasteiger partial charge in [-0.15, -0.1) is 11.3 Å². The van der Waals surface area contributed by atoms with E-state index in [2.05, 4.69) is 5.32 Å². The van der Waals surface area contributed by atoms with Gasteiger partial charge in [-0.3, -0.25) is 0 Å². The first-order valence-corrected chi connectivity index (χ1v) is 6.84. The molecule has 0 saturated heterocycles. The minimum absolute atomic E-state index is 0.00936. The van der Waals surface area contributed by atoms with Crippen LogP contribution in [0.5, 0.6) is 0 Å². The molecule has 1 aromatic rings. The Hall–Kier alpha value is -1.95. The number of esters is 1. The largest absolute Gasteiger partial charge is 0.462 e. The van der Waals surface area contributed by atoms with Gasteiger partial charge in [0, 0.05) is 6.04 Å². The molecule has 0 fully saturated rings. The molecular weight excluding hydrogens is 307 g/mol. The van der Waals surface area contributed by atoms with Crippen molar-refractivity contribution in [2.24, 2.45) is 0 Å². The van der Waals surface area contributed by atoms with Gasteiger partial charge in [-0.1, -0.05) is 0 Å². The maximum atomic E-state index is 12.3. The fraction of sp³-hybridized carbons (Fsp3) is 0.500. The van der Waals surface area contributed by atoms with Crippen LogP contribution < -0.4 is 11.1 Å². The molecule has 0 spiro atoms. The average Bonchev–Trinajstić information content (AvgIpc) is 2.63. The third-order valence-electron chi connectivity index (χ3n) is 2.43. The van der Waals surface area contributed by atoms with Crippen LogP contribution in [-0.4, -0.2) is 24.8 Å². The van der Waals surface area contributed by atoms with Gasteiger partial charge in [0.1, 0.15) is 21.5 Å². The molecule has 1 aromatic heterocycles. The molecular formula is C12H14F3N3O2S. The summed E-state index contributed by atoms with van der Waals surface area (Å²) in [6.07, 6.45) is -5.39. The summed E-state index contributed by atoms with van der Waals surface area (Å²) in [4.78, 5) is 11.7. The van der Waals surface area contributed by atoms with Crippen molar-refractivity contribution in [3.63, 3.8) is 0 Å². The SMILES string of the molecule is CCOC(=O)c1sc(NC(C)CC(F)(F)F)c(C#N)c1N. The summed E-state index contributed by atoms with van der Waals surface area (Å²) in [5.74, 6) is -0.701. The van der Waals surface area contributed by atoms with Crippen molar-refractivity contribution in [3.8, 4) is 6.07 Å². The predicted molar refractivity (Wildman–Crippen MR) is 73.2 cm³/mol. The van der Waals surface area contributed by atoms with E-state index < -0.39 is 24.6 Å². The molecule has 1 atom stereocenters. The number of hydrogen-bond donors (Lipinski definition) is 2. The van der Waals surface area contributed by atoms with Gasteiger partial charge in [-0.25, -0.2) is 4.79 Å². The lowest BCUT2D eigenvalue weighted by molar-refractivity contribution is -0.136. The van der Waals surface area contributed by atoms with E-state index in [4.69, 9.17) is 15.7 Å². The second-order valence-electron chi connectivity index (χ2n) is 4.25. The smallest absolute Gasteiger partial charge is 0.391 e.